The molecule has 2 saturated carbocycles. The van der Waals surface area contributed by atoms with Crippen molar-refractivity contribution in [2.24, 2.45) is 5.92 Å². The van der Waals surface area contributed by atoms with E-state index >= 15 is 0 Å². The molecular weight excluding hydrogens is 557 g/mol. The first kappa shape index (κ1) is 29.6. The van der Waals surface area contributed by atoms with Crippen molar-refractivity contribution in [2.75, 3.05) is 13.2 Å². The summed E-state index contributed by atoms with van der Waals surface area (Å²) in [6, 6.07) is 6.56. The van der Waals surface area contributed by atoms with Crippen LogP contribution in [0.2, 0.25) is 0 Å². The molecule has 2 aromatic rings. The molecule has 0 unspecified atom stereocenters. The fraction of sp³-hybridized carbons (Fsp3) is 0.586. The highest BCUT2D eigenvalue weighted by Gasteiger charge is 2.48. The standard InChI is InChI=1S/C29H35F3N4O4S/c1-19-23(27(37)34-22-9-13-40-14-10-22)16-25(36(19)17-20-5-3-2-4-6-20)21-7-8-26(24(15-21)29(30,31)32)41(38,39)35-28(18-33)11-12-28/h7-8,15-16,20,22,35H,2-6,9-14,17H2,1H3,(H,34,37). The highest BCUT2D eigenvalue weighted by atomic mass is 32.2. The number of nitrogens with zero attached hydrogens (tertiary/aromatic N) is 2. The number of alkyl halides is 3. The SMILES string of the molecule is Cc1c(C(=O)NC2CCOCC2)cc(-c2ccc(S(=O)(=O)NC3(C#N)CC3)c(C(F)(F)F)c2)n1CC1CCCCC1. The number of nitriles is 1. The first-order valence-corrected chi connectivity index (χ1v) is 15.7. The van der Waals surface area contributed by atoms with Crippen molar-refractivity contribution in [1.82, 2.24) is 14.6 Å². The summed E-state index contributed by atoms with van der Waals surface area (Å²) in [5.41, 5.74) is -1.03. The zero-order chi connectivity index (χ0) is 29.4. The van der Waals surface area contributed by atoms with Crippen LogP contribution >= 0.6 is 0 Å². The molecule has 1 aromatic carbocycles. The molecule has 3 fully saturated rings. The van der Waals surface area contributed by atoms with Crippen LogP contribution in [0.25, 0.3) is 11.3 Å². The van der Waals surface area contributed by atoms with E-state index in [1.807, 2.05) is 10.6 Å². The Morgan fingerprint density at radius 2 is 1.80 bits per heavy atom. The van der Waals surface area contributed by atoms with Gasteiger partial charge in [0, 0.05) is 37.2 Å². The topological polar surface area (TPSA) is 113 Å². The van der Waals surface area contributed by atoms with Gasteiger partial charge in [0.1, 0.15) is 5.54 Å². The van der Waals surface area contributed by atoms with Crippen LogP contribution in [-0.2, 0) is 27.5 Å². The van der Waals surface area contributed by atoms with Gasteiger partial charge in [-0.25, -0.2) is 8.42 Å². The van der Waals surface area contributed by atoms with Gasteiger partial charge < -0.3 is 14.6 Å². The van der Waals surface area contributed by atoms with Gasteiger partial charge in [0.15, 0.2) is 0 Å². The minimum Gasteiger partial charge on any atom is -0.381 e. The van der Waals surface area contributed by atoms with E-state index < -0.39 is 32.2 Å². The predicted octanol–water partition coefficient (Wildman–Crippen LogP) is 5.31. The number of benzene rings is 1. The second-order valence-corrected chi connectivity index (χ2v) is 13.2. The molecule has 1 aromatic heterocycles. The van der Waals surface area contributed by atoms with Crippen LogP contribution in [0.15, 0.2) is 29.2 Å². The molecule has 2 aliphatic carbocycles. The number of halogens is 3. The molecular formula is C29H35F3N4O4S. The van der Waals surface area contributed by atoms with E-state index in [0.717, 1.165) is 44.2 Å². The van der Waals surface area contributed by atoms with Gasteiger partial charge in [0.25, 0.3) is 5.91 Å². The molecule has 12 heteroatoms. The van der Waals surface area contributed by atoms with Crippen LogP contribution in [0.5, 0.6) is 0 Å². The van der Waals surface area contributed by atoms with Crippen molar-refractivity contribution in [2.45, 2.75) is 93.9 Å². The highest BCUT2D eigenvalue weighted by molar-refractivity contribution is 7.89. The van der Waals surface area contributed by atoms with E-state index in [2.05, 4.69) is 10.0 Å². The monoisotopic (exact) mass is 592 g/mol. The van der Waals surface area contributed by atoms with E-state index in [0.29, 0.717) is 55.5 Å². The number of sulfonamides is 1. The molecule has 0 atom stereocenters. The normalized spacial score (nSPS) is 20.0. The van der Waals surface area contributed by atoms with Crippen molar-refractivity contribution in [3.8, 4) is 17.3 Å². The van der Waals surface area contributed by atoms with Gasteiger partial charge in [0.2, 0.25) is 10.0 Å². The van der Waals surface area contributed by atoms with Gasteiger partial charge in [-0.15, -0.1) is 0 Å². The molecule has 222 valence electrons. The Labute approximate surface area is 238 Å². The third kappa shape index (κ3) is 6.47. The largest absolute Gasteiger partial charge is 0.417 e. The smallest absolute Gasteiger partial charge is 0.381 e. The first-order valence-electron chi connectivity index (χ1n) is 14.2. The Hall–Kier alpha value is -2.88. The Kier molecular flexibility index (Phi) is 8.25. The Bertz CT molecular complexity index is 1450. The molecule has 5 rings (SSSR count). The number of hydrogen-bond donors (Lipinski definition) is 2. The van der Waals surface area contributed by atoms with Crippen LogP contribution in [0.4, 0.5) is 13.2 Å². The molecule has 1 amide bonds. The summed E-state index contributed by atoms with van der Waals surface area (Å²) >= 11 is 0. The van der Waals surface area contributed by atoms with Gasteiger partial charge >= 0.3 is 6.18 Å². The fourth-order valence-corrected chi connectivity index (χ4v) is 7.49. The van der Waals surface area contributed by atoms with E-state index in [1.165, 1.54) is 6.07 Å². The fourth-order valence-electron chi connectivity index (χ4n) is 5.90. The number of hydrogen-bond acceptors (Lipinski definition) is 5. The molecule has 2 N–H and O–H groups in total. The maximum Gasteiger partial charge on any atom is 0.417 e. The van der Waals surface area contributed by atoms with Crippen molar-refractivity contribution >= 4 is 15.9 Å². The van der Waals surface area contributed by atoms with Crippen LogP contribution in [0, 0.1) is 24.2 Å². The second kappa shape index (κ2) is 11.4. The number of carbonyl (C=O) groups is 1. The van der Waals surface area contributed by atoms with Gasteiger partial charge in [-0.05, 0) is 75.1 Å². The molecule has 3 aliphatic rings. The summed E-state index contributed by atoms with van der Waals surface area (Å²) < 4.78 is 78.4. The first-order chi connectivity index (χ1) is 19.4. The summed E-state index contributed by atoms with van der Waals surface area (Å²) in [4.78, 5) is 12.4. The third-order valence-corrected chi connectivity index (χ3v) is 10.1. The number of ether oxygens (including phenoxy) is 1. The molecule has 0 spiro atoms. The van der Waals surface area contributed by atoms with Crippen LogP contribution in [0.3, 0.4) is 0 Å². The predicted molar refractivity (Wildman–Crippen MR) is 145 cm³/mol. The van der Waals surface area contributed by atoms with Crippen molar-refractivity contribution < 1.29 is 31.1 Å². The second-order valence-electron chi connectivity index (χ2n) is 11.5. The molecule has 2 heterocycles. The van der Waals surface area contributed by atoms with E-state index in [4.69, 9.17) is 4.74 Å². The van der Waals surface area contributed by atoms with E-state index in [1.54, 1.807) is 13.0 Å². The Balaban J connectivity index is 1.55. The van der Waals surface area contributed by atoms with Crippen LogP contribution in [0.1, 0.15) is 79.4 Å². The average molecular weight is 593 g/mol. The number of aromatic nitrogens is 1. The summed E-state index contributed by atoms with van der Waals surface area (Å²) in [5, 5.41) is 12.3. The number of carbonyl (C=O) groups excluding carboxylic acids is 1. The molecule has 1 aliphatic heterocycles. The summed E-state index contributed by atoms with van der Waals surface area (Å²) in [6.07, 6.45) is 2.21. The lowest BCUT2D eigenvalue weighted by Gasteiger charge is -2.25. The van der Waals surface area contributed by atoms with Crippen molar-refractivity contribution in [1.29, 1.82) is 5.26 Å². The zero-order valence-electron chi connectivity index (χ0n) is 23.0. The summed E-state index contributed by atoms with van der Waals surface area (Å²) in [7, 11) is -4.62. The number of rotatable bonds is 8. The molecule has 1 saturated heterocycles. The lowest BCUT2D eigenvalue weighted by atomic mass is 9.89. The van der Waals surface area contributed by atoms with Crippen LogP contribution < -0.4 is 10.0 Å². The van der Waals surface area contributed by atoms with Gasteiger partial charge in [-0.3, -0.25) is 4.79 Å². The zero-order valence-corrected chi connectivity index (χ0v) is 23.8. The minimum absolute atomic E-state index is 0.0437. The van der Waals surface area contributed by atoms with Crippen LogP contribution in [-0.4, -0.2) is 43.7 Å². The third-order valence-electron chi connectivity index (χ3n) is 8.50. The maximum absolute atomic E-state index is 14.3. The molecule has 41 heavy (non-hydrogen) atoms. The Morgan fingerprint density at radius 1 is 1.12 bits per heavy atom. The van der Waals surface area contributed by atoms with E-state index in [-0.39, 0.29) is 30.4 Å². The summed E-state index contributed by atoms with van der Waals surface area (Å²) in [6.45, 7) is 3.46. The highest BCUT2D eigenvalue weighted by Crippen LogP contribution is 2.41. The molecule has 0 radical (unpaired) electrons. The van der Waals surface area contributed by atoms with Crippen molar-refractivity contribution in [3.63, 3.8) is 0 Å². The molecule has 8 nitrogen and oxygen atoms in total. The lowest BCUT2D eigenvalue weighted by molar-refractivity contribution is -0.139. The van der Waals surface area contributed by atoms with Gasteiger partial charge in [-0.2, -0.15) is 23.2 Å². The minimum atomic E-state index is -4.97. The average Bonchev–Trinajstić information content (AvgIpc) is 3.64. The van der Waals surface area contributed by atoms with Crippen molar-refractivity contribution in [3.05, 3.63) is 41.1 Å². The van der Waals surface area contributed by atoms with Gasteiger partial charge in [-0.1, -0.05) is 25.3 Å². The molecule has 0 bridgehead atoms. The van der Waals surface area contributed by atoms with Gasteiger partial charge in [0.05, 0.1) is 22.1 Å². The number of nitrogens with one attached hydrogen (secondary N) is 2. The number of amides is 1. The quantitative estimate of drug-likeness (QED) is 0.432. The Morgan fingerprint density at radius 3 is 2.41 bits per heavy atom. The summed E-state index contributed by atoms with van der Waals surface area (Å²) in [5.74, 6) is 0.0374. The lowest BCUT2D eigenvalue weighted by Crippen LogP contribution is -2.39. The van der Waals surface area contributed by atoms with E-state index in [9.17, 15) is 31.6 Å². The maximum atomic E-state index is 14.3.